The molecular weight excluding hydrogens is 1140 g/mol. The molecule has 0 spiro atoms. The van der Waals surface area contributed by atoms with Crippen molar-refractivity contribution in [3.8, 4) is 0 Å². The first-order valence-electron chi connectivity index (χ1n) is 35.4. The zero-order chi connectivity index (χ0) is 64.7. The Hall–Kier alpha value is -2.25. The van der Waals surface area contributed by atoms with Gasteiger partial charge >= 0.3 is 0 Å². The molecule has 520 valence electrons. The maximum Gasteiger partial charge on any atom is 0.220 e. The fraction of sp³-hybridized carbons (Fsp3) is 0.871. The average Bonchev–Trinajstić information content (AvgIpc) is 2.72. The normalized spacial score (nSPS) is 28.5. The van der Waals surface area contributed by atoms with E-state index in [4.69, 9.17) is 28.4 Å². The van der Waals surface area contributed by atoms with E-state index in [-0.39, 0.29) is 18.9 Å². The molecule has 3 saturated heterocycles. The van der Waals surface area contributed by atoms with Gasteiger partial charge in [-0.25, -0.2) is 0 Å². The van der Waals surface area contributed by atoms with Crippen LogP contribution < -0.4 is 5.32 Å². The van der Waals surface area contributed by atoms with E-state index in [2.05, 4.69) is 67.8 Å². The summed E-state index contributed by atoms with van der Waals surface area (Å²) in [6, 6.07) is -0.881. The number of aliphatic hydroxyl groups excluding tert-OH is 11. The molecule has 0 bridgehead atoms. The van der Waals surface area contributed by atoms with Crippen LogP contribution in [0.4, 0.5) is 0 Å². The van der Waals surface area contributed by atoms with Gasteiger partial charge in [-0.3, -0.25) is 4.79 Å². The number of allylic oxidation sites excluding steroid dienone is 8. The molecule has 3 aliphatic rings. The van der Waals surface area contributed by atoms with E-state index in [1.54, 1.807) is 0 Å². The smallest absolute Gasteiger partial charge is 0.220 e. The Morgan fingerprint density at radius 1 is 0.416 bits per heavy atom. The Balaban J connectivity index is 1.21. The zero-order valence-corrected chi connectivity index (χ0v) is 54.9. The quantitative estimate of drug-likeness (QED) is 0.0199. The second kappa shape index (κ2) is 52.1. The molecule has 0 saturated carbocycles. The molecule has 12 N–H and O–H groups in total. The third-order valence-electron chi connectivity index (χ3n) is 17.7. The number of nitrogens with one attached hydrogen (secondary N) is 1. The first kappa shape index (κ1) is 81.0. The van der Waals surface area contributed by atoms with Crippen LogP contribution in [0.1, 0.15) is 258 Å². The third kappa shape index (κ3) is 34.1. The van der Waals surface area contributed by atoms with Crippen molar-refractivity contribution in [3.05, 3.63) is 48.6 Å². The first-order valence-corrected chi connectivity index (χ1v) is 35.4. The van der Waals surface area contributed by atoms with E-state index in [1.165, 1.54) is 148 Å². The van der Waals surface area contributed by atoms with E-state index in [1.807, 2.05) is 0 Å². The predicted octanol–water partition coefficient (Wildman–Crippen LogP) is 9.39. The number of carbonyl (C=O) groups is 1. The second-order valence-electron chi connectivity index (χ2n) is 25.3. The number of unbranched alkanes of at least 4 members (excludes halogenated alkanes) is 30. The summed E-state index contributed by atoms with van der Waals surface area (Å²) in [7, 11) is 0. The molecule has 3 aliphatic heterocycles. The van der Waals surface area contributed by atoms with Crippen LogP contribution in [0.5, 0.6) is 0 Å². The van der Waals surface area contributed by atoms with Crippen LogP contribution in [0.25, 0.3) is 0 Å². The van der Waals surface area contributed by atoms with Crippen molar-refractivity contribution in [2.24, 2.45) is 0 Å². The van der Waals surface area contributed by atoms with Gasteiger partial charge in [-0.15, -0.1) is 0 Å². The summed E-state index contributed by atoms with van der Waals surface area (Å²) < 4.78 is 34.2. The number of rotatable bonds is 54. The number of hydrogen-bond donors (Lipinski definition) is 12. The lowest BCUT2D eigenvalue weighted by Crippen LogP contribution is -2.66. The van der Waals surface area contributed by atoms with Crippen molar-refractivity contribution >= 4 is 5.91 Å². The predicted molar refractivity (Wildman–Crippen MR) is 346 cm³/mol. The number of ether oxygens (including phenoxy) is 6. The van der Waals surface area contributed by atoms with Crippen molar-refractivity contribution in [2.45, 2.75) is 362 Å². The van der Waals surface area contributed by atoms with Crippen molar-refractivity contribution in [3.63, 3.8) is 0 Å². The van der Waals surface area contributed by atoms with E-state index in [0.717, 1.165) is 77.0 Å². The summed E-state index contributed by atoms with van der Waals surface area (Å²) in [6.45, 7) is 1.58. The Kier molecular flexibility index (Phi) is 47.4. The van der Waals surface area contributed by atoms with E-state index in [9.17, 15) is 61.0 Å². The highest BCUT2D eigenvalue weighted by molar-refractivity contribution is 5.76. The number of carbonyl (C=O) groups excluding carboxylic acids is 1. The van der Waals surface area contributed by atoms with E-state index in [0.29, 0.717) is 12.8 Å². The molecular formula is C70H127NO18. The van der Waals surface area contributed by atoms with Crippen LogP contribution in [0.3, 0.4) is 0 Å². The highest BCUT2D eigenvalue weighted by Crippen LogP contribution is 2.33. The fourth-order valence-corrected chi connectivity index (χ4v) is 12.0. The zero-order valence-electron chi connectivity index (χ0n) is 54.9. The van der Waals surface area contributed by atoms with Crippen LogP contribution in [0, 0.1) is 0 Å². The lowest BCUT2D eigenvalue weighted by atomic mass is 9.96. The lowest BCUT2D eigenvalue weighted by Gasteiger charge is -2.48. The van der Waals surface area contributed by atoms with E-state index >= 15 is 0 Å². The molecule has 0 aromatic rings. The number of hydrogen-bond acceptors (Lipinski definition) is 18. The van der Waals surface area contributed by atoms with Gasteiger partial charge < -0.3 is 89.9 Å². The van der Waals surface area contributed by atoms with Crippen LogP contribution in [-0.4, -0.2) is 193 Å². The highest BCUT2D eigenvalue weighted by atomic mass is 16.8. The standard InChI is InChI=1S/C70H127NO18/c1-3-5-7-9-10-11-12-13-14-15-16-17-18-19-20-21-22-23-24-25-26-27-28-29-30-31-32-33-34-35-36-37-38-39-40-41-42-44-46-48-58(76)71-53(54(75)47-45-43-8-6-4-2)52-84-68-64(82)61(79)66(56(50-73)86-68)89-70-65(83)62(80)67(57(51-74)87-70)88-69-63(81)60(78)59(77)55(49-72)85-69/h5,7,10-11,13-14,16-17,53-57,59-70,72-75,77-83H,3-4,6,8-9,12,15,18-52H2,1-2H3,(H,71,76)/b7-5-,11-10-,14-13-,17-16-. The van der Waals surface area contributed by atoms with Crippen LogP contribution >= 0.6 is 0 Å². The maximum atomic E-state index is 13.3. The summed E-state index contributed by atoms with van der Waals surface area (Å²) in [5.41, 5.74) is 0. The van der Waals surface area contributed by atoms with Gasteiger partial charge in [-0.2, -0.15) is 0 Å². The fourth-order valence-electron chi connectivity index (χ4n) is 12.0. The maximum absolute atomic E-state index is 13.3. The van der Waals surface area contributed by atoms with Crippen molar-refractivity contribution in [1.82, 2.24) is 5.32 Å². The molecule has 0 aromatic carbocycles. The van der Waals surface area contributed by atoms with Gasteiger partial charge in [0.15, 0.2) is 18.9 Å². The van der Waals surface area contributed by atoms with Crippen LogP contribution in [0.2, 0.25) is 0 Å². The van der Waals surface area contributed by atoms with E-state index < -0.39 is 124 Å². The number of aliphatic hydroxyl groups is 11. The summed E-state index contributed by atoms with van der Waals surface area (Å²) in [4.78, 5) is 13.3. The molecule has 19 heteroatoms. The Labute approximate surface area is 535 Å². The minimum Gasteiger partial charge on any atom is -0.394 e. The molecule has 3 fully saturated rings. The lowest BCUT2D eigenvalue weighted by molar-refractivity contribution is -0.379. The van der Waals surface area contributed by atoms with Gasteiger partial charge in [-0.05, 0) is 51.4 Å². The monoisotopic (exact) mass is 1270 g/mol. The molecule has 89 heavy (non-hydrogen) atoms. The molecule has 17 atom stereocenters. The molecule has 19 nitrogen and oxygen atoms in total. The molecule has 3 heterocycles. The van der Waals surface area contributed by atoms with Crippen molar-refractivity contribution < 1.29 is 89.4 Å². The van der Waals surface area contributed by atoms with Gasteiger partial charge in [0, 0.05) is 6.42 Å². The summed E-state index contributed by atoms with van der Waals surface area (Å²) in [6.07, 6.45) is 36.1. The molecule has 0 aliphatic carbocycles. The minimum atomic E-state index is -1.97. The molecule has 3 rings (SSSR count). The molecule has 1 amide bonds. The number of amides is 1. The third-order valence-corrected chi connectivity index (χ3v) is 17.7. The average molecular weight is 1270 g/mol. The van der Waals surface area contributed by atoms with Gasteiger partial charge in [0.25, 0.3) is 0 Å². The Bertz CT molecular complexity index is 1800. The van der Waals surface area contributed by atoms with Gasteiger partial charge in [0.2, 0.25) is 5.91 Å². The Morgan fingerprint density at radius 2 is 0.775 bits per heavy atom. The van der Waals surface area contributed by atoms with Gasteiger partial charge in [-0.1, -0.05) is 249 Å². The molecule has 17 unspecified atom stereocenters. The van der Waals surface area contributed by atoms with Crippen LogP contribution in [-0.2, 0) is 33.2 Å². The SMILES string of the molecule is CC/C=C\C/C=C\C/C=C\C/C=C\CCCCCCCCCCCCCCCCCCCCCCCCCCCCC(=O)NC(COC1OC(CO)C(OC2OC(CO)C(OC3OC(CO)C(O)C(O)C3O)C(O)C2O)C(O)C1O)C(O)CCCCCCC. The summed E-state index contributed by atoms with van der Waals surface area (Å²) in [5.74, 6) is -0.247. The summed E-state index contributed by atoms with van der Waals surface area (Å²) in [5, 5.41) is 120. The topological polar surface area (TPSA) is 307 Å². The Morgan fingerprint density at radius 3 is 1.21 bits per heavy atom. The second-order valence-corrected chi connectivity index (χ2v) is 25.3. The van der Waals surface area contributed by atoms with Crippen molar-refractivity contribution in [1.29, 1.82) is 0 Å². The first-order chi connectivity index (χ1) is 43.3. The highest BCUT2D eigenvalue weighted by Gasteiger charge is 2.53. The molecule has 0 radical (unpaired) electrons. The van der Waals surface area contributed by atoms with Crippen molar-refractivity contribution in [2.75, 3.05) is 26.4 Å². The minimum absolute atomic E-state index is 0.247. The van der Waals surface area contributed by atoms with Gasteiger partial charge in [0.1, 0.15) is 73.2 Å². The molecule has 0 aromatic heterocycles. The largest absolute Gasteiger partial charge is 0.394 e. The van der Waals surface area contributed by atoms with Crippen LogP contribution in [0.15, 0.2) is 48.6 Å². The van der Waals surface area contributed by atoms with Gasteiger partial charge in [0.05, 0.1) is 38.6 Å². The summed E-state index contributed by atoms with van der Waals surface area (Å²) >= 11 is 0.